The lowest BCUT2D eigenvalue weighted by Crippen LogP contribution is -2.25. The minimum absolute atomic E-state index is 0.248. The van der Waals surface area contributed by atoms with Crippen LogP contribution in [0.3, 0.4) is 0 Å². The molecule has 0 saturated carbocycles. The van der Waals surface area contributed by atoms with Crippen LogP contribution < -0.4 is 10.6 Å². The van der Waals surface area contributed by atoms with Crippen LogP contribution in [-0.2, 0) is 11.0 Å². The number of carbonyl (C=O) groups excluding carboxylic acids is 1. The van der Waals surface area contributed by atoms with E-state index in [0.29, 0.717) is 28.2 Å². The number of nitrogens with zero attached hydrogens (tertiary/aromatic N) is 2. The van der Waals surface area contributed by atoms with Gasteiger partial charge in [0.25, 0.3) is 5.91 Å². The number of amides is 1. The Bertz CT molecular complexity index is 1070. The molecule has 1 aliphatic heterocycles. The molecule has 1 aliphatic rings. The summed E-state index contributed by atoms with van der Waals surface area (Å²) in [5, 5.41) is 0.845. The first-order valence-electron chi connectivity index (χ1n) is 8.18. The summed E-state index contributed by atoms with van der Waals surface area (Å²) in [6.07, 6.45) is -2.95. The molecule has 1 amide bonds. The molecule has 0 fully saturated rings. The zero-order valence-corrected chi connectivity index (χ0v) is 14.0. The predicted molar refractivity (Wildman–Crippen MR) is 97.9 cm³/mol. The summed E-state index contributed by atoms with van der Waals surface area (Å²) < 4.78 is 38.2. The molecule has 0 unspecified atom stereocenters. The average Bonchev–Trinajstić information content (AvgIpc) is 3.02. The number of alkyl halides is 3. The summed E-state index contributed by atoms with van der Waals surface area (Å²) in [4.78, 5) is 18.4. The number of nitrogens with two attached hydrogens (primary N) is 1. The second kappa shape index (κ2) is 6.12. The second-order valence-corrected chi connectivity index (χ2v) is 6.25. The maximum absolute atomic E-state index is 12.7. The first kappa shape index (κ1) is 17.1. The zero-order chi connectivity index (χ0) is 19.2. The molecule has 0 saturated heterocycles. The molecule has 0 spiro atoms. The molecular weight excluding hydrogens is 355 g/mol. The molecular formula is C20H14F3N3O. The number of halogens is 3. The van der Waals surface area contributed by atoms with Crippen molar-refractivity contribution in [2.45, 2.75) is 6.18 Å². The highest BCUT2D eigenvalue weighted by Gasteiger charge is 2.31. The summed E-state index contributed by atoms with van der Waals surface area (Å²) in [5.74, 6) is 0.0964. The third kappa shape index (κ3) is 3.12. The maximum Gasteiger partial charge on any atom is 0.416 e. The highest BCUT2D eigenvalue weighted by molar-refractivity contribution is 6.14. The number of nitrogen functional groups attached to an aromatic ring is 1. The molecule has 2 heterocycles. The van der Waals surface area contributed by atoms with Gasteiger partial charge in [0.05, 0.1) is 23.3 Å². The van der Waals surface area contributed by atoms with E-state index in [4.69, 9.17) is 5.73 Å². The Kier molecular flexibility index (Phi) is 3.87. The number of carbonyl (C=O) groups is 1. The minimum Gasteiger partial charge on any atom is -0.384 e. The second-order valence-electron chi connectivity index (χ2n) is 6.25. The molecule has 1 aromatic heterocycles. The Morgan fingerprint density at radius 2 is 1.74 bits per heavy atom. The van der Waals surface area contributed by atoms with Gasteiger partial charge < -0.3 is 10.6 Å². The minimum atomic E-state index is -4.39. The van der Waals surface area contributed by atoms with Gasteiger partial charge in [-0.1, -0.05) is 24.3 Å². The van der Waals surface area contributed by atoms with Crippen LogP contribution in [0.4, 0.5) is 24.7 Å². The van der Waals surface area contributed by atoms with Crippen LogP contribution in [0, 0.1) is 0 Å². The average molecular weight is 369 g/mol. The van der Waals surface area contributed by atoms with Crippen molar-refractivity contribution in [1.82, 2.24) is 4.98 Å². The number of para-hydroxylation sites is 1. The number of rotatable bonds is 2. The standard InChI is InChI=1S/C20H14F3N3O/c21-20(22,23)15-7-4-12(5-8-15)14-10-18(27)26(11-14)16-3-1-2-13-6-9-17(24)25-19(13)16/h1-10H,11H2,(H2,24,25). The molecule has 2 aromatic carbocycles. The van der Waals surface area contributed by atoms with Crippen LogP contribution in [0.15, 0.2) is 60.7 Å². The fourth-order valence-electron chi connectivity index (χ4n) is 3.14. The number of anilines is 2. The Morgan fingerprint density at radius 3 is 2.44 bits per heavy atom. The molecule has 0 bridgehead atoms. The van der Waals surface area contributed by atoms with Crippen molar-refractivity contribution in [1.29, 1.82) is 0 Å². The van der Waals surface area contributed by atoms with Crippen LogP contribution in [0.2, 0.25) is 0 Å². The Morgan fingerprint density at radius 1 is 1.00 bits per heavy atom. The van der Waals surface area contributed by atoms with Gasteiger partial charge in [0.1, 0.15) is 5.82 Å². The van der Waals surface area contributed by atoms with E-state index < -0.39 is 11.7 Å². The molecule has 0 atom stereocenters. The van der Waals surface area contributed by atoms with E-state index in [1.165, 1.54) is 18.2 Å². The third-order valence-electron chi connectivity index (χ3n) is 4.49. The van der Waals surface area contributed by atoms with Gasteiger partial charge in [0.2, 0.25) is 0 Å². The van der Waals surface area contributed by atoms with E-state index in [2.05, 4.69) is 4.98 Å². The quantitative estimate of drug-likeness (QED) is 0.734. The lowest BCUT2D eigenvalue weighted by Gasteiger charge is -2.18. The van der Waals surface area contributed by atoms with E-state index >= 15 is 0 Å². The lowest BCUT2D eigenvalue weighted by molar-refractivity contribution is -0.137. The molecule has 2 N–H and O–H groups in total. The molecule has 136 valence electrons. The molecule has 0 aliphatic carbocycles. The zero-order valence-electron chi connectivity index (χ0n) is 14.0. The molecule has 3 aromatic rings. The van der Waals surface area contributed by atoms with Crippen molar-refractivity contribution in [3.05, 3.63) is 71.8 Å². The van der Waals surface area contributed by atoms with Crippen molar-refractivity contribution in [2.24, 2.45) is 0 Å². The van der Waals surface area contributed by atoms with E-state index in [0.717, 1.165) is 17.5 Å². The van der Waals surface area contributed by atoms with Gasteiger partial charge in [0.15, 0.2) is 0 Å². The summed E-state index contributed by atoms with van der Waals surface area (Å²) >= 11 is 0. The van der Waals surface area contributed by atoms with Gasteiger partial charge in [-0.2, -0.15) is 13.2 Å². The first-order chi connectivity index (χ1) is 12.8. The normalized spacial score (nSPS) is 14.7. The summed E-state index contributed by atoms with van der Waals surface area (Å²) in [7, 11) is 0. The number of aromatic nitrogens is 1. The fourth-order valence-corrected chi connectivity index (χ4v) is 3.14. The predicted octanol–water partition coefficient (Wildman–Crippen LogP) is 4.27. The van der Waals surface area contributed by atoms with Crippen molar-refractivity contribution in [3.63, 3.8) is 0 Å². The Hall–Kier alpha value is -3.35. The van der Waals surface area contributed by atoms with Crippen molar-refractivity contribution < 1.29 is 18.0 Å². The molecule has 7 heteroatoms. The lowest BCUT2D eigenvalue weighted by atomic mass is 10.0. The van der Waals surface area contributed by atoms with E-state index in [1.54, 1.807) is 17.0 Å². The molecule has 27 heavy (non-hydrogen) atoms. The highest BCUT2D eigenvalue weighted by Crippen LogP contribution is 2.33. The number of hydrogen-bond donors (Lipinski definition) is 1. The van der Waals surface area contributed by atoms with Crippen LogP contribution in [0.1, 0.15) is 11.1 Å². The van der Waals surface area contributed by atoms with Crippen LogP contribution in [0.25, 0.3) is 16.5 Å². The van der Waals surface area contributed by atoms with Gasteiger partial charge >= 0.3 is 6.18 Å². The van der Waals surface area contributed by atoms with Gasteiger partial charge in [-0.3, -0.25) is 4.79 Å². The number of fused-ring (bicyclic) bond motifs is 1. The summed E-state index contributed by atoms with van der Waals surface area (Å²) in [6.45, 7) is 0.250. The van der Waals surface area contributed by atoms with Gasteiger partial charge in [-0.25, -0.2) is 4.98 Å². The third-order valence-corrected chi connectivity index (χ3v) is 4.49. The maximum atomic E-state index is 12.7. The monoisotopic (exact) mass is 369 g/mol. The van der Waals surface area contributed by atoms with Crippen molar-refractivity contribution in [2.75, 3.05) is 17.2 Å². The number of pyridine rings is 1. The van der Waals surface area contributed by atoms with Crippen LogP contribution >= 0.6 is 0 Å². The number of hydrogen-bond acceptors (Lipinski definition) is 3. The number of benzene rings is 2. The summed E-state index contributed by atoms with van der Waals surface area (Å²) in [5.41, 5.74) is 7.50. The van der Waals surface area contributed by atoms with E-state index in [1.807, 2.05) is 18.2 Å². The SMILES string of the molecule is Nc1ccc2cccc(N3CC(c4ccc(C(F)(F)F)cc4)=CC3=O)c2n1. The van der Waals surface area contributed by atoms with Gasteiger partial charge in [-0.05, 0) is 41.5 Å². The smallest absolute Gasteiger partial charge is 0.384 e. The summed E-state index contributed by atoms with van der Waals surface area (Å²) in [6, 6.07) is 13.8. The Balaban J connectivity index is 1.66. The topological polar surface area (TPSA) is 59.2 Å². The van der Waals surface area contributed by atoms with Crippen LogP contribution in [-0.4, -0.2) is 17.4 Å². The van der Waals surface area contributed by atoms with E-state index in [9.17, 15) is 18.0 Å². The van der Waals surface area contributed by atoms with E-state index in [-0.39, 0.29) is 12.5 Å². The largest absolute Gasteiger partial charge is 0.416 e. The fraction of sp³-hybridized carbons (Fsp3) is 0.100. The van der Waals surface area contributed by atoms with Crippen molar-refractivity contribution in [3.8, 4) is 0 Å². The molecule has 0 radical (unpaired) electrons. The van der Waals surface area contributed by atoms with Gasteiger partial charge in [0, 0.05) is 11.5 Å². The Labute approximate surface area is 152 Å². The van der Waals surface area contributed by atoms with Crippen LogP contribution in [0.5, 0.6) is 0 Å². The molecule has 4 nitrogen and oxygen atoms in total. The molecule has 4 rings (SSSR count). The van der Waals surface area contributed by atoms with Crippen molar-refractivity contribution >= 4 is 33.9 Å². The first-order valence-corrected chi connectivity index (χ1v) is 8.18. The van der Waals surface area contributed by atoms with Gasteiger partial charge in [-0.15, -0.1) is 0 Å². The highest BCUT2D eigenvalue weighted by atomic mass is 19.4.